The predicted molar refractivity (Wildman–Crippen MR) is 97.6 cm³/mol. The van der Waals surface area contributed by atoms with E-state index in [1.54, 1.807) is 23.9 Å². The third kappa shape index (κ3) is 5.98. The van der Waals surface area contributed by atoms with Crippen molar-refractivity contribution in [2.75, 3.05) is 26.4 Å². The first-order chi connectivity index (χ1) is 11.6. The van der Waals surface area contributed by atoms with Crippen LogP contribution < -0.4 is 5.32 Å². The van der Waals surface area contributed by atoms with Gasteiger partial charge >= 0.3 is 0 Å². The van der Waals surface area contributed by atoms with Crippen molar-refractivity contribution in [2.24, 2.45) is 0 Å². The molecule has 0 saturated heterocycles. The second-order valence-corrected chi connectivity index (χ2v) is 6.91. The molecule has 0 spiro atoms. The van der Waals surface area contributed by atoms with Crippen LogP contribution in [0.25, 0.3) is 0 Å². The maximum absolute atomic E-state index is 12.8. The Bertz CT molecular complexity index is 632. The smallest absolute Gasteiger partial charge is 0.220 e. The van der Waals surface area contributed by atoms with Gasteiger partial charge in [-0.2, -0.15) is 0 Å². The zero-order valence-electron chi connectivity index (χ0n) is 14.0. The van der Waals surface area contributed by atoms with Crippen molar-refractivity contribution in [3.8, 4) is 0 Å². The molecule has 0 aliphatic rings. The summed E-state index contributed by atoms with van der Waals surface area (Å²) in [4.78, 5) is 15.1. The van der Waals surface area contributed by atoms with Crippen molar-refractivity contribution in [3.63, 3.8) is 0 Å². The van der Waals surface area contributed by atoms with Crippen molar-refractivity contribution in [2.45, 2.75) is 17.4 Å². The summed E-state index contributed by atoms with van der Waals surface area (Å²) in [6.07, 6.45) is 0.441. The predicted octanol–water partition coefficient (Wildman–Crippen LogP) is 3.73. The van der Waals surface area contributed by atoms with Gasteiger partial charge in [0.1, 0.15) is 5.82 Å². The molecule has 0 aliphatic carbocycles. The standard InChI is InChI=1S/C19H23FN2OS/c1-22(2)18(15-6-4-3-5-7-15)14-21-19(23)12-13-24-17-10-8-16(20)9-11-17/h3-11,18H,12-14H2,1-2H3,(H,21,23). The van der Waals surface area contributed by atoms with Crippen LogP contribution >= 0.6 is 11.8 Å². The van der Waals surface area contributed by atoms with Gasteiger partial charge in [-0.15, -0.1) is 11.8 Å². The average molecular weight is 346 g/mol. The van der Waals surface area contributed by atoms with Gasteiger partial charge in [0, 0.05) is 23.6 Å². The van der Waals surface area contributed by atoms with Crippen LogP contribution in [0, 0.1) is 5.82 Å². The molecule has 0 aromatic heterocycles. The Hall–Kier alpha value is -1.85. The number of carbonyl (C=O) groups is 1. The van der Waals surface area contributed by atoms with Crippen molar-refractivity contribution >= 4 is 17.7 Å². The number of hydrogen-bond donors (Lipinski definition) is 1. The summed E-state index contributed by atoms with van der Waals surface area (Å²) in [5.74, 6) is 0.468. The van der Waals surface area contributed by atoms with Gasteiger partial charge in [-0.1, -0.05) is 30.3 Å². The maximum Gasteiger partial charge on any atom is 0.220 e. The Morgan fingerprint density at radius 2 is 1.79 bits per heavy atom. The lowest BCUT2D eigenvalue weighted by Gasteiger charge is -2.25. The van der Waals surface area contributed by atoms with Crippen molar-refractivity contribution in [1.29, 1.82) is 0 Å². The number of hydrogen-bond acceptors (Lipinski definition) is 3. The van der Waals surface area contributed by atoms with Crippen LogP contribution in [-0.2, 0) is 4.79 Å². The van der Waals surface area contributed by atoms with E-state index in [9.17, 15) is 9.18 Å². The minimum atomic E-state index is -0.243. The van der Waals surface area contributed by atoms with Gasteiger partial charge < -0.3 is 10.2 Å². The van der Waals surface area contributed by atoms with Crippen LogP contribution in [0.1, 0.15) is 18.0 Å². The molecule has 0 fully saturated rings. The third-order valence-corrected chi connectivity index (χ3v) is 4.73. The highest BCUT2D eigenvalue weighted by molar-refractivity contribution is 7.99. The molecular formula is C19H23FN2OS. The van der Waals surface area contributed by atoms with Gasteiger partial charge in [-0.3, -0.25) is 4.79 Å². The van der Waals surface area contributed by atoms with E-state index < -0.39 is 0 Å². The van der Waals surface area contributed by atoms with Crippen molar-refractivity contribution in [1.82, 2.24) is 10.2 Å². The molecule has 1 N–H and O–H groups in total. The first kappa shape index (κ1) is 18.5. The van der Waals surface area contributed by atoms with Gasteiger partial charge in [-0.05, 0) is 43.9 Å². The zero-order valence-corrected chi connectivity index (χ0v) is 14.9. The topological polar surface area (TPSA) is 32.3 Å². The van der Waals surface area contributed by atoms with Crippen LogP contribution in [-0.4, -0.2) is 37.2 Å². The number of halogens is 1. The fourth-order valence-electron chi connectivity index (χ4n) is 2.37. The minimum Gasteiger partial charge on any atom is -0.354 e. The van der Waals surface area contributed by atoms with Crippen LogP contribution in [0.3, 0.4) is 0 Å². The number of rotatable bonds is 8. The summed E-state index contributed by atoms with van der Waals surface area (Å²) in [5, 5.41) is 3.00. The first-order valence-electron chi connectivity index (χ1n) is 7.92. The van der Waals surface area contributed by atoms with E-state index in [1.807, 2.05) is 32.3 Å². The second kappa shape index (κ2) is 9.45. The molecule has 2 aromatic rings. The highest BCUT2D eigenvalue weighted by Gasteiger charge is 2.14. The molecular weight excluding hydrogens is 323 g/mol. The Morgan fingerprint density at radius 1 is 1.12 bits per heavy atom. The van der Waals surface area contributed by atoms with Crippen molar-refractivity contribution in [3.05, 3.63) is 66.0 Å². The zero-order chi connectivity index (χ0) is 17.4. The van der Waals surface area contributed by atoms with E-state index in [-0.39, 0.29) is 17.8 Å². The fraction of sp³-hybridized carbons (Fsp3) is 0.316. The molecule has 0 heterocycles. The van der Waals surface area contributed by atoms with E-state index in [0.29, 0.717) is 18.7 Å². The molecule has 1 unspecified atom stereocenters. The van der Waals surface area contributed by atoms with Gasteiger partial charge in [0.05, 0.1) is 6.04 Å². The number of benzene rings is 2. The summed E-state index contributed by atoms with van der Waals surface area (Å²) in [6, 6.07) is 16.6. The fourth-order valence-corrected chi connectivity index (χ4v) is 3.22. The Labute approximate surface area is 147 Å². The van der Waals surface area contributed by atoms with Crippen LogP contribution in [0.5, 0.6) is 0 Å². The Balaban J connectivity index is 1.76. The SMILES string of the molecule is CN(C)C(CNC(=O)CCSc1ccc(F)cc1)c1ccccc1. The molecule has 1 amide bonds. The van der Waals surface area contributed by atoms with Gasteiger partial charge in [0.15, 0.2) is 0 Å². The van der Waals surface area contributed by atoms with E-state index in [0.717, 1.165) is 4.90 Å². The lowest BCUT2D eigenvalue weighted by atomic mass is 10.1. The van der Waals surface area contributed by atoms with E-state index >= 15 is 0 Å². The van der Waals surface area contributed by atoms with Gasteiger partial charge in [-0.25, -0.2) is 4.39 Å². The maximum atomic E-state index is 12.8. The van der Waals surface area contributed by atoms with Crippen LogP contribution in [0.4, 0.5) is 4.39 Å². The van der Waals surface area contributed by atoms with E-state index in [4.69, 9.17) is 0 Å². The van der Waals surface area contributed by atoms with E-state index in [2.05, 4.69) is 22.3 Å². The summed E-state index contributed by atoms with van der Waals surface area (Å²) in [6.45, 7) is 0.580. The molecule has 0 bridgehead atoms. The molecule has 1 atom stereocenters. The Morgan fingerprint density at radius 3 is 2.42 bits per heavy atom. The average Bonchev–Trinajstić information content (AvgIpc) is 2.57. The van der Waals surface area contributed by atoms with Crippen molar-refractivity contribution < 1.29 is 9.18 Å². The molecule has 0 radical (unpaired) electrons. The van der Waals surface area contributed by atoms with Gasteiger partial charge in [0.25, 0.3) is 0 Å². The number of likely N-dealkylation sites (N-methyl/N-ethyl adjacent to an activating group) is 1. The summed E-state index contributed by atoms with van der Waals surface area (Å²) in [7, 11) is 4.02. The molecule has 128 valence electrons. The number of nitrogens with zero attached hydrogens (tertiary/aromatic N) is 1. The minimum absolute atomic E-state index is 0.0346. The lowest BCUT2D eigenvalue weighted by molar-refractivity contribution is -0.120. The summed E-state index contributed by atoms with van der Waals surface area (Å²) >= 11 is 1.56. The molecule has 0 aliphatic heterocycles. The normalized spacial score (nSPS) is 12.2. The summed E-state index contributed by atoms with van der Waals surface area (Å²) < 4.78 is 12.8. The first-order valence-corrected chi connectivity index (χ1v) is 8.91. The number of amides is 1. The summed E-state index contributed by atoms with van der Waals surface area (Å²) in [5.41, 5.74) is 1.18. The van der Waals surface area contributed by atoms with Crippen LogP contribution in [0.15, 0.2) is 59.5 Å². The van der Waals surface area contributed by atoms with Gasteiger partial charge in [0.2, 0.25) is 5.91 Å². The van der Waals surface area contributed by atoms with E-state index in [1.165, 1.54) is 17.7 Å². The number of thioether (sulfide) groups is 1. The molecule has 2 aromatic carbocycles. The highest BCUT2D eigenvalue weighted by Crippen LogP contribution is 2.19. The molecule has 5 heteroatoms. The Kier molecular flexibility index (Phi) is 7.28. The molecule has 2 rings (SSSR count). The van der Waals surface area contributed by atoms with Crippen LogP contribution in [0.2, 0.25) is 0 Å². The molecule has 24 heavy (non-hydrogen) atoms. The third-order valence-electron chi connectivity index (χ3n) is 3.71. The molecule has 0 saturated carbocycles. The second-order valence-electron chi connectivity index (χ2n) is 5.75. The monoisotopic (exact) mass is 346 g/mol. The largest absolute Gasteiger partial charge is 0.354 e. The highest BCUT2D eigenvalue weighted by atomic mass is 32.2. The molecule has 3 nitrogen and oxygen atoms in total. The lowest BCUT2D eigenvalue weighted by Crippen LogP contribution is -2.34. The quantitative estimate of drug-likeness (QED) is 0.739. The number of nitrogens with one attached hydrogen (secondary N) is 1. The number of carbonyl (C=O) groups excluding carboxylic acids is 1.